The maximum Gasteiger partial charge on any atom is 0.326 e. The highest BCUT2D eigenvalue weighted by molar-refractivity contribution is 7.98. The van der Waals surface area contributed by atoms with E-state index in [0.29, 0.717) is 0 Å². The van der Waals surface area contributed by atoms with Gasteiger partial charge < -0.3 is 4.74 Å². The number of benzene rings is 2. The molecular weight excluding hydrogens is 417 g/mol. The molecule has 140 valence electrons. The second-order valence-electron chi connectivity index (χ2n) is 5.07. The van der Waals surface area contributed by atoms with Gasteiger partial charge in [-0.1, -0.05) is 29.3 Å². The number of ether oxygens (including phenoxy) is 1. The van der Waals surface area contributed by atoms with Gasteiger partial charge in [0.15, 0.2) is 0 Å². The van der Waals surface area contributed by atoms with Crippen LogP contribution >= 0.6 is 35.0 Å². The van der Waals surface area contributed by atoms with E-state index in [1.54, 1.807) is 25.1 Å². The lowest BCUT2D eigenvalue weighted by atomic mass is 10.3. The molecule has 0 aliphatic rings. The maximum absolute atomic E-state index is 13.1. The van der Waals surface area contributed by atoms with Crippen LogP contribution in [0, 0.1) is 0 Å². The first-order valence-corrected chi connectivity index (χ1v) is 11.0. The maximum atomic E-state index is 13.1. The van der Waals surface area contributed by atoms with Gasteiger partial charge in [-0.3, -0.25) is 9.10 Å². The minimum atomic E-state index is -4.05. The standard InChI is InChI=1S/C17H17Cl2NO4S2/c1-3-24-16(21)11-20(15-6-4-5-14(18)17(15)19)26(22,23)13-9-7-12(25-2)8-10-13/h4-10H,3,11H2,1-2H3. The molecule has 0 saturated heterocycles. The first-order chi connectivity index (χ1) is 12.3. The summed E-state index contributed by atoms with van der Waals surface area (Å²) in [6.45, 7) is 1.27. The number of hydrogen-bond acceptors (Lipinski definition) is 5. The number of halogens is 2. The highest BCUT2D eigenvalue weighted by Crippen LogP contribution is 2.35. The van der Waals surface area contributed by atoms with E-state index in [2.05, 4.69) is 0 Å². The predicted octanol–water partition coefficient (Wildman–Crippen LogP) is 4.47. The van der Waals surface area contributed by atoms with E-state index in [0.717, 1.165) is 9.20 Å². The summed E-state index contributed by atoms with van der Waals surface area (Å²) in [5.74, 6) is -0.687. The molecule has 0 saturated carbocycles. The van der Waals surface area contributed by atoms with Crippen LogP contribution in [-0.2, 0) is 19.6 Å². The summed E-state index contributed by atoms with van der Waals surface area (Å²) in [5.41, 5.74) is 0.112. The molecule has 0 aromatic heterocycles. The quantitative estimate of drug-likeness (QED) is 0.475. The average Bonchev–Trinajstić information content (AvgIpc) is 2.62. The van der Waals surface area contributed by atoms with Crippen molar-refractivity contribution in [3.05, 3.63) is 52.5 Å². The highest BCUT2D eigenvalue weighted by atomic mass is 35.5. The molecule has 0 atom stereocenters. The molecule has 0 aliphatic carbocycles. The number of anilines is 1. The topological polar surface area (TPSA) is 63.7 Å². The number of nitrogens with zero attached hydrogens (tertiary/aromatic N) is 1. The van der Waals surface area contributed by atoms with Crippen LogP contribution in [0.15, 0.2) is 52.3 Å². The molecule has 0 spiro atoms. The van der Waals surface area contributed by atoms with Crippen molar-refractivity contribution in [2.45, 2.75) is 16.7 Å². The molecule has 0 N–H and O–H groups in total. The second-order valence-corrected chi connectivity index (χ2v) is 8.59. The summed E-state index contributed by atoms with van der Waals surface area (Å²) in [4.78, 5) is 12.9. The van der Waals surface area contributed by atoms with Crippen LogP contribution in [0.5, 0.6) is 0 Å². The zero-order chi connectivity index (χ0) is 19.3. The molecule has 0 radical (unpaired) electrons. The molecule has 2 aromatic rings. The monoisotopic (exact) mass is 433 g/mol. The minimum Gasteiger partial charge on any atom is -0.465 e. The van der Waals surface area contributed by atoms with E-state index >= 15 is 0 Å². The van der Waals surface area contributed by atoms with E-state index in [1.165, 1.54) is 36.0 Å². The molecular formula is C17H17Cl2NO4S2. The summed E-state index contributed by atoms with van der Waals surface area (Å²) in [5, 5.41) is 0.230. The number of rotatable bonds is 7. The molecule has 0 unspecified atom stereocenters. The summed E-state index contributed by atoms with van der Waals surface area (Å²) >= 11 is 13.7. The van der Waals surface area contributed by atoms with E-state index in [9.17, 15) is 13.2 Å². The molecule has 0 bridgehead atoms. The van der Waals surface area contributed by atoms with Gasteiger partial charge >= 0.3 is 5.97 Å². The summed E-state index contributed by atoms with van der Waals surface area (Å²) in [6, 6.07) is 10.9. The SMILES string of the molecule is CCOC(=O)CN(c1cccc(Cl)c1Cl)S(=O)(=O)c1ccc(SC)cc1. The van der Waals surface area contributed by atoms with Gasteiger partial charge in [0.1, 0.15) is 6.54 Å². The van der Waals surface area contributed by atoms with Crippen molar-refractivity contribution in [1.29, 1.82) is 0 Å². The van der Waals surface area contributed by atoms with Gasteiger partial charge in [0.05, 0.1) is 27.2 Å². The van der Waals surface area contributed by atoms with E-state index in [4.69, 9.17) is 27.9 Å². The van der Waals surface area contributed by atoms with Crippen molar-refractivity contribution in [3.63, 3.8) is 0 Å². The summed E-state index contributed by atoms with van der Waals surface area (Å²) in [7, 11) is -4.05. The lowest BCUT2D eigenvalue weighted by Crippen LogP contribution is -2.36. The average molecular weight is 434 g/mol. The summed E-state index contributed by atoms with van der Waals surface area (Å²) < 4.78 is 32.1. The van der Waals surface area contributed by atoms with Crippen molar-refractivity contribution >= 4 is 56.6 Å². The van der Waals surface area contributed by atoms with Gasteiger partial charge in [-0.15, -0.1) is 11.8 Å². The van der Waals surface area contributed by atoms with E-state index in [-0.39, 0.29) is 27.2 Å². The number of sulfonamides is 1. The zero-order valence-electron chi connectivity index (χ0n) is 14.1. The first-order valence-electron chi connectivity index (χ1n) is 7.57. The van der Waals surface area contributed by atoms with Crippen molar-refractivity contribution in [2.75, 3.05) is 23.7 Å². The van der Waals surface area contributed by atoms with Crippen molar-refractivity contribution in [3.8, 4) is 0 Å². The molecule has 26 heavy (non-hydrogen) atoms. The molecule has 5 nitrogen and oxygen atoms in total. The van der Waals surface area contributed by atoms with Gasteiger partial charge in [-0.05, 0) is 49.6 Å². The second kappa shape index (κ2) is 8.99. The molecule has 9 heteroatoms. The predicted molar refractivity (Wildman–Crippen MR) is 106 cm³/mol. The largest absolute Gasteiger partial charge is 0.465 e. The van der Waals surface area contributed by atoms with Crippen LogP contribution in [0.2, 0.25) is 10.0 Å². The van der Waals surface area contributed by atoms with Crippen molar-refractivity contribution < 1.29 is 17.9 Å². The third-order valence-corrected chi connectivity index (χ3v) is 6.75. The molecule has 0 amide bonds. The Morgan fingerprint density at radius 1 is 1.15 bits per heavy atom. The number of thioether (sulfide) groups is 1. The minimum absolute atomic E-state index is 0.0376. The zero-order valence-corrected chi connectivity index (χ0v) is 17.3. The highest BCUT2D eigenvalue weighted by Gasteiger charge is 2.29. The lowest BCUT2D eigenvalue weighted by molar-refractivity contribution is -0.141. The Hall–Kier alpha value is -1.41. The fraction of sp³-hybridized carbons (Fsp3) is 0.235. The van der Waals surface area contributed by atoms with Crippen molar-refractivity contribution in [1.82, 2.24) is 0 Å². The molecule has 0 fully saturated rings. The number of esters is 1. The van der Waals surface area contributed by atoms with E-state index < -0.39 is 22.5 Å². The van der Waals surface area contributed by atoms with Crippen LogP contribution < -0.4 is 4.31 Å². The van der Waals surface area contributed by atoms with E-state index in [1.807, 2.05) is 6.26 Å². The molecule has 2 rings (SSSR count). The van der Waals surface area contributed by atoms with Crippen LogP contribution in [0.1, 0.15) is 6.92 Å². The van der Waals surface area contributed by atoms with Gasteiger partial charge in [-0.2, -0.15) is 0 Å². The Kier molecular flexibility index (Phi) is 7.23. The fourth-order valence-electron chi connectivity index (χ4n) is 2.18. The lowest BCUT2D eigenvalue weighted by Gasteiger charge is -2.25. The number of carbonyl (C=O) groups is 1. The van der Waals surface area contributed by atoms with Crippen molar-refractivity contribution in [2.24, 2.45) is 0 Å². The smallest absolute Gasteiger partial charge is 0.326 e. The van der Waals surface area contributed by atoms with Gasteiger partial charge in [-0.25, -0.2) is 8.42 Å². The molecule has 2 aromatic carbocycles. The van der Waals surface area contributed by atoms with Gasteiger partial charge in [0.2, 0.25) is 0 Å². The van der Waals surface area contributed by atoms with Gasteiger partial charge in [0, 0.05) is 4.90 Å². The molecule has 0 heterocycles. The third kappa shape index (κ3) is 4.65. The number of hydrogen-bond donors (Lipinski definition) is 0. The normalized spacial score (nSPS) is 11.2. The molecule has 0 aliphatic heterocycles. The van der Waals surface area contributed by atoms with Crippen LogP contribution in [0.4, 0.5) is 5.69 Å². The Bertz CT molecular complexity index is 886. The summed E-state index contributed by atoms with van der Waals surface area (Å²) in [6.07, 6.45) is 1.89. The van der Waals surface area contributed by atoms with Crippen LogP contribution in [0.3, 0.4) is 0 Å². The first kappa shape index (κ1) is 20.9. The van der Waals surface area contributed by atoms with Gasteiger partial charge in [0.25, 0.3) is 10.0 Å². The Balaban J connectivity index is 2.54. The third-order valence-electron chi connectivity index (χ3n) is 3.43. The Morgan fingerprint density at radius 2 is 1.81 bits per heavy atom. The Morgan fingerprint density at radius 3 is 2.38 bits per heavy atom. The van der Waals surface area contributed by atoms with Crippen LogP contribution in [0.25, 0.3) is 0 Å². The number of carbonyl (C=O) groups excluding carboxylic acids is 1. The fourth-order valence-corrected chi connectivity index (χ4v) is 4.46. The van der Waals surface area contributed by atoms with Crippen LogP contribution in [-0.4, -0.2) is 33.8 Å². The Labute approximate surface area is 167 Å².